The van der Waals surface area contributed by atoms with Crippen molar-refractivity contribution in [1.82, 2.24) is 0 Å². The van der Waals surface area contributed by atoms with E-state index in [4.69, 9.17) is 10.2 Å². The predicted molar refractivity (Wildman–Crippen MR) is 88.9 cm³/mol. The molecule has 0 saturated heterocycles. The number of hydrogen-bond donors (Lipinski definition) is 2. The lowest BCUT2D eigenvalue weighted by Crippen LogP contribution is -2.07. The largest absolute Gasteiger partial charge is 0.508 e. The molecule has 2 N–H and O–H groups in total. The summed E-state index contributed by atoms with van der Waals surface area (Å²) in [5, 5.41) is 18.2. The second-order valence-electron chi connectivity index (χ2n) is 5.21. The van der Waals surface area contributed by atoms with Gasteiger partial charge in [0, 0.05) is 10.1 Å². The third kappa shape index (κ3) is 6.13. The van der Waals surface area contributed by atoms with Gasteiger partial charge in [-0.2, -0.15) is 0 Å². The minimum Gasteiger partial charge on any atom is -0.508 e. The Hall–Kier alpha value is -1.61. The Labute approximate surface area is 130 Å². The maximum atomic E-state index is 8.65. The van der Waals surface area contributed by atoms with Crippen molar-refractivity contribution in [2.45, 2.75) is 42.2 Å². The van der Waals surface area contributed by atoms with Gasteiger partial charge in [0.05, 0.1) is 0 Å². The molecule has 1 fully saturated rings. The van der Waals surface area contributed by atoms with E-state index >= 15 is 0 Å². The highest BCUT2D eigenvalue weighted by molar-refractivity contribution is 8.00. The zero-order valence-corrected chi connectivity index (χ0v) is 12.9. The van der Waals surface area contributed by atoms with E-state index < -0.39 is 0 Å². The minimum absolute atomic E-state index is 0.169. The molecule has 0 aromatic heterocycles. The van der Waals surface area contributed by atoms with Crippen molar-refractivity contribution < 1.29 is 10.2 Å². The fraction of sp³-hybridized carbons (Fsp3) is 0.333. The molecule has 0 radical (unpaired) electrons. The fourth-order valence-electron chi connectivity index (χ4n) is 2.33. The average molecular weight is 302 g/mol. The topological polar surface area (TPSA) is 40.5 Å². The summed E-state index contributed by atoms with van der Waals surface area (Å²) in [5.74, 6) is 0.339. The van der Waals surface area contributed by atoms with Crippen molar-refractivity contribution in [3.8, 4) is 11.5 Å². The van der Waals surface area contributed by atoms with Gasteiger partial charge in [-0.05, 0) is 49.2 Å². The average Bonchev–Trinajstić information content (AvgIpc) is 2.53. The van der Waals surface area contributed by atoms with Crippen molar-refractivity contribution in [3.63, 3.8) is 0 Å². The number of hydrogen-bond acceptors (Lipinski definition) is 3. The van der Waals surface area contributed by atoms with E-state index in [9.17, 15) is 0 Å². The zero-order valence-electron chi connectivity index (χ0n) is 12.1. The van der Waals surface area contributed by atoms with Crippen LogP contribution in [0.3, 0.4) is 0 Å². The van der Waals surface area contributed by atoms with Gasteiger partial charge in [0.25, 0.3) is 0 Å². The molecule has 0 heterocycles. The van der Waals surface area contributed by atoms with Crippen LogP contribution in [-0.4, -0.2) is 15.5 Å². The van der Waals surface area contributed by atoms with Gasteiger partial charge < -0.3 is 10.2 Å². The highest BCUT2D eigenvalue weighted by atomic mass is 32.2. The summed E-state index contributed by atoms with van der Waals surface area (Å²) < 4.78 is 0. The molecule has 3 heteroatoms. The number of rotatable bonds is 2. The van der Waals surface area contributed by atoms with Crippen molar-refractivity contribution in [3.05, 3.63) is 54.6 Å². The van der Waals surface area contributed by atoms with Crippen LogP contribution in [0.4, 0.5) is 0 Å². The van der Waals surface area contributed by atoms with E-state index in [-0.39, 0.29) is 11.5 Å². The van der Waals surface area contributed by atoms with Gasteiger partial charge in [-0.1, -0.05) is 37.5 Å². The Morgan fingerprint density at radius 2 is 1.24 bits per heavy atom. The monoisotopic (exact) mass is 302 g/mol. The SMILES string of the molecule is Oc1ccc(O)cc1.c1ccc(SC2CCCCC2)cc1. The Bertz CT molecular complexity index is 484. The van der Waals surface area contributed by atoms with Crippen LogP contribution in [0.5, 0.6) is 11.5 Å². The zero-order chi connectivity index (χ0) is 14.9. The van der Waals surface area contributed by atoms with E-state index in [0.717, 1.165) is 5.25 Å². The summed E-state index contributed by atoms with van der Waals surface area (Å²) in [6.07, 6.45) is 7.15. The highest BCUT2D eigenvalue weighted by Crippen LogP contribution is 2.33. The highest BCUT2D eigenvalue weighted by Gasteiger charge is 2.13. The first-order valence-corrected chi connectivity index (χ1v) is 8.32. The lowest BCUT2D eigenvalue weighted by Gasteiger charge is -2.20. The van der Waals surface area contributed by atoms with Crippen molar-refractivity contribution in [1.29, 1.82) is 0 Å². The third-order valence-corrected chi connectivity index (χ3v) is 4.80. The van der Waals surface area contributed by atoms with E-state index in [1.54, 1.807) is 0 Å². The molecular formula is C18H22O2S. The van der Waals surface area contributed by atoms with Gasteiger partial charge in [0.15, 0.2) is 0 Å². The number of aromatic hydroxyl groups is 2. The molecule has 3 rings (SSSR count). The molecule has 2 nitrogen and oxygen atoms in total. The van der Waals surface area contributed by atoms with Crippen molar-refractivity contribution >= 4 is 11.8 Å². The lowest BCUT2D eigenvalue weighted by atomic mass is 10.0. The minimum atomic E-state index is 0.169. The summed E-state index contributed by atoms with van der Waals surface area (Å²) in [7, 11) is 0. The summed E-state index contributed by atoms with van der Waals surface area (Å²) in [6.45, 7) is 0. The van der Waals surface area contributed by atoms with Gasteiger partial charge in [0.2, 0.25) is 0 Å². The van der Waals surface area contributed by atoms with E-state index in [0.29, 0.717) is 0 Å². The Morgan fingerprint density at radius 3 is 1.76 bits per heavy atom. The Balaban J connectivity index is 0.000000173. The Morgan fingerprint density at radius 1 is 0.714 bits per heavy atom. The number of benzene rings is 2. The fourth-order valence-corrected chi connectivity index (χ4v) is 3.60. The Kier molecular flexibility index (Phi) is 6.48. The van der Waals surface area contributed by atoms with Gasteiger partial charge >= 0.3 is 0 Å². The van der Waals surface area contributed by atoms with E-state index in [1.807, 2.05) is 0 Å². The molecule has 112 valence electrons. The van der Waals surface area contributed by atoms with Crippen LogP contribution in [0.1, 0.15) is 32.1 Å². The summed E-state index contributed by atoms with van der Waals surface area (Å²) in [5.41, 5.74) is 0. The maximum absolute atomic E-state index is 8.65. The molecule has 1 aliphatic rings. The van der Waals surface area contributed by atoms with Crippen LogP contribution in [0.2, 0.25) is 0 Å². The molecular weight excluding hydrogens is 280 g/mol. The summed E-state index contributed by atoms with van der Waals surface area (Å²) >= 11 is 2.06. The molecule has 2 aromatic rings. The van der Waals surface area contributed by atoms with Crippen LogP contribution in [0, 0.1) is 0 Å². The van der Waals surface area contributed by atoms with Crippen LogP contribution in [-0.2, 0) is 0 Å². The molecule has 21 heavy (non-hydrogen) atoms. The molecule has 0 unspecified atom stereocenters. The maximum Gasteiger partial charge on any atom is 0.115 e. The lowest BCUT2D eigenvalue weighted by molar-refractivity contribution is 0.460. The van der Waals surface area contributed by atoms with E-state index in [1.165, 1.54) is 61.3 Å². The first kappa shape index (κ1) is 15.8. The van der Waals surface area contributed by atoms with Crippen LogP contribution < -0.4 is 0 Å². The molecule has 0 spiro atoms. The molecule has 0 bridgehead atoms. The molecule has 1 aliphatic carbocycles. The van der Waals surface area contributed by atoms with Crippen molar-refractivity contribution in [2.24, 2.45) is 0 Å². The molecule has 0 atom stereocenters. The molecule has 1 saturated carbocycles. The van der Waals surface area contributed by atoms with Gasteiger partial charge in [-0.3, -0.25) is 0 Å². The van der Waals surface area contributed by atoms with Crippen LogP contribution in [0.15, 0.2) is 59.5 Å². The second kappa shape index (κ2) is 8.63. The summed E-state index contributed by atoms with van der Waals surface area (Å²) in [6, 6.07) is 16.5. The normalized spacial score (nSPS) is 15.0. The molecule has 2 aromatic carbocycles. The standard InChI is InChI=1S/C12H16S.C6H6O2/c1-3-7-11(8-4-1)13-12-9-5-2-6-10-12;7-5-1-2-6(8)4-3-5/h1,3-4,7-8,12H,2,5-6,9-10H2;1-4,7-8H. The number of phenolic OH excluding ortho intramolecular Hbond substituents is 2. The van der Waals surface area contributed by atoms with Gasteiger partial charge in [0.1, 0.15) is 11.5 Å². The predicted octanol–water partition coefficient (Wildman–Crippen LogP) is 5.21. The third-order valence-electron chi connectivity index (χ3n) is 3.45. The first-order chi connectivity index (χ1) is 10.2. The first-order valence-electron chi connectivity index (χ1n) is 7.44. The molecule has 0 amide bonds. The number of phenols is 2. The van der Waals surface area contributed by atoms with Crippen LogP contribution >= 0.6 is 11.8 Å². The van der Waals surface area contributed by atoms with Crippen molar-refractivity contribution in [2.75, 3.05) is 0 Å². The van der Waals surface area contributed by atoms with Gasteiger partial charge in [-0.25, -0.2) is 0 Å². The molecule has 0 aliphatic heterocycles. The second-order valence-corrected chi connectivity index (χ2v) is 6.58. The number of thioether (sulfide) groups is 1. The quantitative estimate of drug-likeness (QED) is 0.748. The van der Waals surface area contributed by atoms with Gasteiger partial charge in [-0.15, -0.1) is 11.8 Å². The van der Waals surface area contributed by atoms with E-state index in [2.05, 4.69) is 42.1 Å². The smallest absolute Gasteiger partial charge is 0.115 e. The summed E-state index contributed by atoms with van der Waals surface area (Å²) in [4.78, 5) is 1.44. The van der Waals surface area contributed by atoms with Crippen LogP contribution in [0.25, 0.3) is 0 Å².